The van der Waals surface area contributed by atoms with Crippen molar-refractivity contribution >= 4 is 32.3 Å². The third-order valence-corrected chi connectivity index (χ3v) is 4.16. The Morgan fingerprint density at radius 2 is 1.48 bits per heavy atom. The first-order valence-corrected chi connectivity index (χ1v) is 7.05. The fourth-order valence-corrected chi connectivity index (χ4v) is 3.23. The lowest BCUT2D eigenvalue weighted by Gasteiger charge is -2.13. The standard InChI is InChI=1S/C18H13N3/c19-21-20-11-10-12-4-5-15-7-6-13-2-1-3-14-8-9-16(12)18(15)17(13)14/h1-9H,10-11H2. The van der Waals surface area contributed by atoms with Gasteiger partial charge in [0.1, 0.15) is 0 Å². The fourth-order valence-electron chi connectivity index (χ4n) is 3.23. The molecule has 0 spiro atoms. The third kappa shape index (κ3) is 1.79. The van der Waals surface area contributed by atoms with Crippen molar-refractivity contribution in [3.63, 3.8) is 0 Å². The van der Waals surface area contributed by atoms with Crippen LogP contribution in [0.5, 0.6) is 0 Å². The molecule has 0 fully saturated rings. The molecular weight excluding hydrogens is 258 g/mol. The summed E-state index contributed by atoms with van der Waals surface area (Å²) in [6, 6.07) is 19.5. The maximum absolute atomic E-state index is 8.44. The van der Waals surface area contributed by atoms with Gasteiger partial charge < -0.3 is 0 Å². The number of hydrogen-bond donors (Lipinski definition) is 0. The summed E-state index contributed by atoms with van der Waals surface area (Å²) in [5.41, 5.74) is 9.68. The molecule has 0 saturated carbocycles. The van der Waals surface area contributed by atoms with Crippen molar-refractivity contribution in [2.45, 2.75) is 6.42 Å². The Morgan fingerprint density at radius 3 is 2.24 bits per heavy atom. The fraction of sp³-hybridized carbons (Fsp3) is 0.111. The average Bonchev–Trinajstić information content (AvgIpc) is 2.54. The second-order valence-electron chi connectivity index (χ2n) is 5.29. The van der Waals surface area contributed by atoms with Gasteiger partial charge in [0.05, 0.1) is 0 Å². The molecule has 0 N–H and O–H groups in total. The minimum atomic E-state index is 0.500. The highest BCUT2D eigenvalue weighted by Gasteiger charge is 2.09. The topological polar surface area (TPSA) is 48.8 Å². The second-order valence-corrected chi connectivity index (χ2v) is 5.29. The van der Waals surface area contributed by atoms with E-state index in [1.165, 1.54) is 37.9 Å². The highest BCUT2D eigenvalue weighted by Crippen LogP contribution is 2.35. The molecule has 4 rings (SSSR count). The summed E-state index contributed by atoms with van der Waals surface area (Å²) in [4.78, 5) is 2.84. The van der Waals surface area contributed by atoms with Crippen LogP contribution in [0.1, 0.15) is 5.56 Å². The number of rotatable bonds is 3. The Labute approximate surface area is 121 Å². The van der Waals surface area contributed by atoms with Crippen LogP contribution in [0.2, 0.25) is 0 Å². The van der Waals surface area contributed by atoms with Crippen molar-refractivity contribution in [3.8, 4) is 0 Å². The van der Waals surface area contributed by atoms with E-state index in [0.29, 0.717) is 6.54 Å². The lowest BCUT2D eigenvalue weighted by molar-refractivity contribution is 0.964. The molecule has 0 amide bonds. The summed E-state index contributed by atoms with van der Waals surface area (Å²) in [6.45, 7) is 0.500. The van der Waals surface area contributed by atoms with Gasteiger partial charge in [-0.3, -0.25) is 0 Å². The SMILES string of the molecule is [N-]=[N+]=NCCc1ccc2ccc3cccc4ccc1c2c34. The van der Waals surface area contributed by atoms with Gasteiger partial charge in [-0.25, -0.2) is 0 Å². The quantitative estimate of drug-likeness (QED) is 0.206. The van der Waals surface area contributed by atoms with Gasteiger partial charge >= 0.3 is 0 Å². The van der Waals surface area contributed by atoms with E-state index in [2.05, 4.69) is 64.6 Å². The predicted octanol–water partition coefficient (Wildman–Crippen LogP) is 5.44. The van der Waals surface area contributed by atoms with Crippen LogP contribution < -0.4 is 0 Å². The van der Waals surface area contributed by atoms with E-state index in [1.807, 2.05) is 0 Å². The molecule has 21 heavy (non-hydrogen) atoms. The van der Waals surface area contributed by atoms with Crippen LogP contribution in [-0.2, 0) is 6.42 Å². The molecule has 3 nitrogen and oxygen atoms in total. The van der Waals surface area contributed by atoms with Gasteiger partial charge in [-0.2, -0.15) is 0 Å². The molecule has 0 aliphatic carbocycles. The summed E-state index contributed by atoms with van der Waals surface area (Å²) in [7, 11) is 0. The first-order chi connectivity index (χ1) is 10.4. The molecule has 0 bridgehead atoms. The van der Waals surface area contributed by atoms with Crippen molar-refractivity contribution in [2.24, 2.45) is 5.11 Å². The zero-order valence-electron chi connectivity index (χ0n) is 11.5. The third-order valence-electron chi connectivity index (χ3n) is 4.16. The molecule has 0 aromatic heterocycles. The highest BCUT2D eigenvalue weighted by molar-refractivity contribution is 6.23. The number of benzene rings is 4. The van der Waals surface area contributed by atoms with Crippen molar-refractivity contribution in [1.82, 2.24) is 0 Å². The largest absolute Gasteiger partial charge is 0.0936 e. The smallest absolute Gasteiger partial charge is 0.0298 e. The monoisotopic (exact) mass is 271 g/mol. The Hall–Kier alpha value is -2.77. The minimum Gasteiger partial charge on any atom is -0.0936 e. The molecular formula is C18H13N3. The number of azide groups is 1. The summed E-state index contributed by atoms with van der Waals surface area (Å²) in [6.07, 6.45) is 0.776. The Balaban J connectivity index is 2.08. The van der Waals surface area contributed by atoms with E-state index in [1.54, 1.807) is 0 Å². The van der Waals surface area contributed by atoms with Gasteiger partial charge in [0.25, 0.3) is 0 Å². The molecule has 0 saturated heterocycles. The van der Waals surface area contributed by atoms with E-state index in [0.717, 1.165) is 6.42 Å². The molecule has 0 radical (unpaired) electrons. The maximum atomic E-state index is 8.44. The lowest BCUT2D eigenvalue weighted by atomic mass is 9.91. The van der Waals surface area contributed by atoms with Gasteiger partial charge in [-0.05, 0) is 49.8 Å². The average molecular weight is 271 g/mol. The number of nitrogens with zero attached hydrogens (tertiary/aromatic N) is 3. The van der Waals surface area contributed by atoms with Gasteiger partial charge in [0.15, 0.2) is 0 Å². The van der Waals surface area contributed by atoms with E-state index in [-0.39, 0.29) is 0 Å². The van der Waals surface area contributed by atoms with Gasteiger partial charge in [0, 0.05) is 11.5 Å². The molecule has 0 atom stereocenters. The molecule has 0 aliphatic heterocycles. The van der Waals surface area contributed by atoms with Crippen LogP contribution in [0.15, 0.2) is 59.7 Å². The van der Waals surface area contributed by atoms with Crippen molar-refractivity contribution < 1.29 is 0 Å². The Kier molecular flexibility index (Phi) is 2.66. The molecule has 4 aromatic carbocycles. The number of hydrogen-bond acceptors (Lipinski definition) is 1. The summed E-state index contributed by atoms with van der Waals surface area (Å²) < 4.78 is 0. The van der Waals surface area contributed by atoms with Gasteiger partial charge in [-0.1, -0.05) is 59.7 Å². The van der Waals surface area contributed by atoms with Crippen LogP contribution in [0.25, 0.3) is 42.8 Å². The van der Waals surface area contributed by atoms with Gasteiger partial charge in [0.2, 0.25) is 0 Å². The first-order valence-electron chi connectivity index (χ1n) is 7.05. The zero-order valence-corrected chi connectivity index (χ0v) is 11.5. The van der Waals surface area contributed by atoms with Crippen molar-refractivity contribution in [3.05, 3.63) is 70.6 Å². The first kappa shape index (κ1) is 12.0. The second kappa shape index (κ2) is 4.65. The van der Waals surface area contributed by atoms with Crippen LogP contribution in [0, 0.1) is 0 Å². The Bertz CT molecular complexity index is 982. The summed E-state index contributed by atoms with van der Waals surface area (Å²) in [5.74, 6) is 0. The normalized spacial score (nSPS) is 11.2. The molecule has 4 aromatic rings. The molecule has 0 heterocycles. The van der Waals surface area contributed by atoms with E-state index < -0.39 is 0 Å². The predicted molar refractivity (Wildman–Crippen MR) is 87.9 cm³/mol. The summed E-state index contributed by atoms with van der Waals surface area (Å²) in [5, 5.41) is 11.4. The van der Waals surface area contributed by atoms with Crippen LogP contribution in [-0.4, -0.2) is 6.54 Å². The van der Waals surface area contributed by atoms with Crippen molar-refractivity contribution in [2.75, 3.05) is 6.54 Å². The van der Waals surface area contributed by atoms with E-state index >= 15 is 0 Å². The van der Waals surface area contributed by atoms with Crippen LogP contribution in [0.3, 0.4) is 0 Å². The highest BCUT2D eigenvalue weighted by atomic mass is 15.1. The van der Waals surface area contributed by atoms with Crippen molar-refractivity contribution in [1.29, 1.82) is 0 Å². The van der Waals surface area contributed by atoms with E-state index in [4.69, 9.17) is 5.53 Å². The molecule has 0 unspecified atom stereocenters. The molecule has 0 aliphatic rings. The zero-order chi connectivity index (χ0) is 14.2. The van der Waals surface area contributed by atoms with Crippen LogP contribution >= 0.6 is 0 Å². The van der Waals surface area contributed by atoms with Gasteiger partial charge in [-0.15, -0.1) is 0 Å². The lowest BCUT2D eigenvalue weighted by Crippen LogP contribution is -1.92. The Morgan fingerprint density at radius 1 is 0.810 bits per heavy atom. The van der Waals surface area contributed by atoms with E-state index in [9.17, 15) is 0 Å². The maximum Gasteiger partial charge on any atom is 0.0298 e. The van der Waals surface area contributed by atoms with Crippen LogP contribution in [0.4, 0.5) is 0 Å². The molecule has 3 heteroatoms. The summed E-state index contributed by atoms with van der Waals surface area (Å²) >= 11 is 0. The molecule has 100 valence electrons. The minimum absolute atomic E-state index is 0.500.